The Hall–Kier alpha value is -2.33. The van der Waals surface area contributed by atoms with Crippen molar-refractivity contribution in [2.24, 2.45) is 0 Å². The minimum absolute atomic E-state index is 0.171. The van der Waals surface area contributed by atoms with Gasteiger partial charge in [-0.2, -0.15) is 0 Å². The Morgan fingerprint density at radius 2 is 0.965 bits per heavy atom. The topological polar surface area (TPSA) is 149 Å². The Bertz CT molecular complexity index is 1130. The van der Waals surface area contributed by atoms with E-state index in [9.17, 15) is 24.2 Å². The summed E-state index contributed by atoms with van der Waals surface area (Å²) in [7, 11) is -4.63. The first kappa shape index (κ1) is 54.7. The number of carbonyl (C=O) groups excluding carboxylic acids is 2. The van der Waals surface area contributed by atoms with Gasteiger partial charge in [0.2, 0.25) is 0 Å². The molecule has 0 radical (unpaired) electrons. The molecule has 3 N–H and O–H groups in total. The standard InChI is InChI=1S/C46H81O10P/c1-3-5-7-9-11-13-15-17-19-21-23-25-27-29-31-33-35-37-45(49)53-41-44(42-55-57(51,52)54-40-43(48)39-47)56-46(50)38-36-34-32-30-28-26-24-22-20-18-16-14-12-10-8-6-4-2/h5,7,11,13,17-20,23,25,43-44,47-48H,3-4,6,8-10,12,14-16,21-22,24,26-42H2,1-2H3,(H,51,52)/b7-5-,13-11-,19-17-,20-18-,25-23-/t43-,44+/m0/s1. The summed E-state index contributed by atoms with van der Waals surface area (Å²) < 4.78 is 32.7. The van der Waals surface area contributed by atoms with Gasteiger partial charge in [0.15, 0.2) is 6.10 Å². The lowest BCUT2D eigenvalue weighted by atomic mass is 10.1. The van der Waals surface area contributed by atoms with E-state index in [-0.39, 0.29) is 19.4 Å². The van der Waals surface area contributed by atoms with Crippen LogP contribution >= 0.6 is 7.82 Å². The van der Waals surface area contributed by atoms with Crippen LogP contribution in [0.5, 0.6) is 0 Å². The lowest BCUT2D eigenvalue weighted by molar-refractivity contribution is -0.161. The Kier molecular flexibility index (Phi) is 40.1. The number of hydrogen-bond donors (Lipinski definition) is 3. The second-order valence-electron chi connectivity index (χ2n) is 14.7. The van der Waals surface area contributed by atoms with Crippen LogP contribution in [0.3, 0.4) is 0 Å². The number of hydrogen-bond acceptors (Lipinski definition) is 9. The molecule has 10 nitrogen and oxygen atoms in total. The highest BCUT2D eigenvalue weighted by Gasteiger charge is 2.27. The SMILES string of the molecule is CC/C=C\C/C=C\C/C=C\C/C=C\CCCCCCC(=O)OC[C@H](COP(=O)(O)OC[C@@H](O)CO)OC(=O)CCCCCCCCC/C=C\CCCCCCCC. The zero-order valence-corrected chi connectivity index (χ0v) is 36.7. The zero-order chi connectivity index (χ0) is 41.9. The van der Waals surface area contributed by atoms with Crippen molar-refractivity contribution >= 4 is 19.8 Å². The number of phosphoric acid groups is 1. The van der Waals surface area contributed by atoms with Crippen LogP contribution < -0.4 is 0 Å². The number of unbranched alkanes of at least 4 members (excludes halogenated alkanes) is 17. The van der Waals surface area contributed by atoms with Crippen LogP contribution in [0.4, 0.5) is 0 Å². The van der Waals surface area contributed by atoms with E-state index in [1.807, 2.05) is 0 Å². The summed E-state index contributed by atoms with van der Waals surface area (Å²) in [6.45, 7) is 2.23. The van der Waals surface area contributed by atoms with Crippen LogP contribution in [0, 0.1) is 0 Å². The van der Waals surface area contributed by atoms with Crippen LogP contribution in [-0.4, -0.2) is 65.7 Å². The second kappa shape index (κ2) is 41.8. The van der Waals surface area contributed by atoms with E-state index in [2.05, 4.69) is 79.1 Å². The first-order valence-electron chi connectivity index (χ1n) is 22.2. The van der Waals surface area contributed by atoms with Gasteiger partial charge in [0, 0.05) is 12.8 Å². The lowest BCUT2D eigenvalue weighted by Crippen LogP contribution is -2.29. The molecule has 0 aromatic carbocycles. The predicted octanol–water partition coefficient (Wildman–Crippen LogP) is 11.9. The van der Waals surface area contributed by atoms with E-state index >= 15 is 0 Å². The van der Waals surface area contributed by atoms with Gasteiger partial charge in [-0.1, -0.05) is 152 Å². The van der Waals surface area contributed by atoms with Crippen LogP contribution in [0.2, 0.25) is 0 Å². The third-order valence-electron chi connectivity index (χ3n) is 9.16. The number of esters is 2. The lowest BCUT2D eigenvalue weighted by Gasteiger charge is -2.20. The van der Waals surface area contributed by atoms with Crippen molar-refractivity contribution in [3.8, 4) is 0 Å². The van der Waals surface area contributed by atoms with Gasteiger partial charge >= 0.3 is 19.8 Å². The van der Waals surface area contributed by atoms with Crippen molar-refractivity contribution in [3.05, 3.63) is 60.8 Å². The molecule has 0 aliphatic carbocycles. The summed E-state index contributed by atoms with van der Waals surface area (Å²) >= 11 is 0. The molecule has 0 aliphatic rings. The van der Waals surface area contributed by atoms with Crippen molar-refractivity contribution in [1.29, 1.82) is 0 Å². The highest BCUT2D eigenvalue weighted by molar-refractivity contribution is 7.47. The van der Waals surface area contributed by atoms with Gasteiger partial charge in [-0.05, 0) is 77.0 Å². The summed E-state index contributed by atoms with van der Waals surface area (Å²) in [5.41, 5.74) is 0. The normalized spacial score (nSPS) is 14.4. The van der Waals surface area contributed by atoms with E-state index in [0.717, 1.165) is 77.0 Å². The average Bonchev–Trinajstić information content (AvgIpc) is 3.20. The monoisotopic (exact) mass is 825 g/mol. The van der Waals surface area contributed by atoms with Gasteiger partial charge in [-0.15, -0.1) is 0 Å². The van der Waals surface area contributed by atoms with Crippen molar-refractivity contribution in [1.82, 2.24) is 0 Å². The van der Waals surface area contributed by atoms with Crippen LogP contribution in [0.25, 0.3) is 0 Å². The summed E-state index contributed by atoms with van der Waals surface area (Å²) in [5.74, 6) is -0.960. The molecule has 57 heavy (non-hydrogen) atoms. The molecule has 0 rings (SSSR count). The fraction of sp³-hybridized carbons (Fsp3) is 0.739. The number of aliphatic hydroxyl groups is 2. The van der Waals surface area contributed by atoms with Gasteiger partial charge in [-0.25, -0.2) is 4.57 Å². The van der Waals surface area contributed by atoms with Crippen molar-refractivity contribution in [2.75, 3.05) is 26.4 Å². The summed E-state index contributed by atoms with van der Waals surface area (Å²) in [6.07, 6.45) is 46.1. The molecule has 0 saturated carbocycles. The van der Waals surface area contributed by atoms with Gasteiger partial charge in [0.05, 0.1) is 19.8 Å². The molecule has 1 unspecified atom stereocenters. The third kappa shape index (κ3) is 41.6. The average molecular weight is 825 g/mol. The minimum Gasteiger partial charge on any atom is -0.462 e. The Balaban J connectivity index is 4.33. The van der Waals surface area contributed by atoms with Gasteiger partial charge in [0.1, 0.15) is 12.7 Å². The van der Waals surface area contributed by atoms with Crippen LogP contribution in [-0.2, 0) is 32.7 Å². The molecule has 11 heteroatoms. The summed E-state index contributed by atoms with van der Waals surface area (Å²) in [5, 5.41) is 18.3. The van der Waals surface area contributed by atoms with Gasteiger partial charge in [0.25, 0.3) is 0 Å². The third-order valence-corrected chi connectivity index (χ3v) is 10.1. The van der Waals surface area contributed by atoms with Crippen molar-refractivity contribution in [2.45, 2.75) is 193 Å². The number of rotatable bonds is 41. The number of phosphoric ester groups is 1. The highest BCUT2D eigenvalue weighted by Crippen LogP contribution is 2.43. The quantitative estimate of drug-likeness (QED) is 0.0235. The Morgan fingerprint density at radius 3 is 1.47 bits per heavy atom. The number of allylic oxidation sites excluding steroid dienone is 10. The second-order valence-corrected chi connectivity index (χ2v) is 16.1. The molecule has 0 saturated heterocycles. The van der Waals surface area contributed by atoms with E-state index in [0.29, 0.717) is 12.8 Å². The number of ether oxygens (including phenoxy) is 2. The molecule has 0 bridgehead atoms. The molecule has 0 heterocycles. The highest BCUT2D eigenvalue weighted by atomic mass is 31.2. The first-order valence-corrected chi connectivity index (χ1v) is 23.7. The van der Waals surface area contributed by atoms with E-state index in [1.165, 1.54) is 64.2 Å². The minimum atomic E-state index is -4.63. The molecule has 330 valence electrons. The summed E-state index contributed by atoms with van der Waals surface area (Å²) in [6, 6.07) is 0. The van der Waals surface area contributed by atoms with E-state index < -0.39 is 51.8 Å². The molecule has 0 amide bonds. The van der Waals surface area contributed by atoms with E-state index in [1.54, 1.807) is 0 Å². The molecule has 0 aliphatic heterocycles. The van der Waals surface area contributed by atoms with Crippen LogP contribution in [0.1, 0.15) is 181 Å². The van der Waals surface area contributed by atoms with Crippen LogP contribution in [0.15, 0.2) is 60.8 Å². The maximum atomic E-state index is 12.6. The molecule has 0 aromatic rings. The number of carbonyl (C=O) groups is 2. The molecule has 0 fully saturated rings. The largest absolute Gasteiger partial charge is 0.472 e. The zero-order valence-electron chi connectivity index (χ0n) is 35.8. The fourth-order valence-corrected chi connectivity index (χ4v) is 6.53. The maximum Gasteiger partial charge on any atom is 0.472 e. The van der Waals surface area contributed by atoms with E-state index in [4.69, 9.17) is 19.1 Å². The molecule has 3 atom stereocenters. The Morgan fingerprint density at radius 1 is 0.544 bits per heavy atom. The predicted molar refractivity (Wildman–Crippen MR) is 233 cm³/mol. The smallest absolute Gasteiger partial charge is 0.462 e. The molecular weight excluding hydrogens is 743 g/mol. The maximum absolute atomic E-state index is 12.6. The fourth-order valence-electron chi connectivity index (χ4n) is 5.74. The van der Waals surface area contributed by atoms with Gasteiger partial charge in [-0.3, -0.25) is 18.6 Å². The first-order chi connectivity index (χ1) is 27.7. The molecule has 0 spiro atoms. The number of aliphatic hydroxyl groups excluding tert-OH is 2. The van der Waals surface area contributed by atoms with Crippen molar-refractivity contribution < 1.29 is 47.8 Å². The van der Waals surface area contributed by atoms with Crippen molar-refractivity contribution in [3.63, 3.8) is 0 Å². The Labute approximate surface area is 346 Å². The van der Waals surface area contributed by atoms with Gasteiger partial charge < -0.3 is 24.6 Å². The molecular formula is C46H81O10P. The molecule has 0 aromatic heterocycles. The summed E-state index contributed by atoms with van der Waals surface area (Å²) in [4.78, 5) is 35.0.